The zero-order chi connectivity index (χ0) is 15.8. The molecule has 0 aliphatic rings. The Hall–Kier alpha value is -2.24. The van der Waals surface area contributed by atoms with Gasteiger partial charge in [0.1, 0.15) is 6.79 Å². The van der Waals surface area contributed by atoms with E-state index < -0.39 is 0 Å². The van der Waals surface area contributed by atoms with E-state index in [1.165, 1.54) is 0 Å². The molecule has 0 aliphatic carbocycles. The topological polar surface area (TPSA) is 62.9 Å². The Bertz CT molecular complexity index is 587. The Kier molecular flexibility index (Phi) is 6.06. The van der Waals surface area contributed by atoms with Gasteiger partial charge in [0, 0.05) is 17.3 Å². The van der Waals surface area contributed by atoms with Crippen LogP contribution in [-0.4, -0.2) is 21.0 Å². The highest BCUT2D eigenvalue weighted by molar-refractivity contribution is 5.57. The van der Waals surface area contributed by atoms with Crippen molar-refractivity contribution in [3.05, 3.63) is 53.6 Å². The average Bonchev–Trinajstić information content (AvgIpc) is 2.56. The zero-order valence-corrected chi connectivity index (χ0v) is 12.9. The van der Waals surface area contributed by atoms with E-state index in [0.29, 0.717) is 30.4 Å². The maximum Gasteiger partial charge on any atom is 0.162 e. The van der Waals surface area contributed by atoms with Crippen molar-refractivity contribution < 1.29 is 18.9 Å². The zero-order valence-electron chi connectivity index (χ0n) is 12.9. The van der Waals surface area contributed by atoms with Gasteiger partial charge in [0.05, 0.1) is 27.4 Å². The Labute approximate surface area is 130 Å². The minimum absolute atomic E-state index is 0.197. The van der Waals surface area contributed by atoms with E-state index in [1.54, 1.807) is 20.3 Å². The molecule has 0 unspecified atom stereocenters. The molecule has 0 atom stereocenters. The molecule has 0 fully saturated rings. The predicted octanol–water partition coefficient (Wildman–Crippen LogP) is 2.98. The fourth-order valence-corrected chi connectivity index (χ4v) is 2.01. The number of rotatable bonds is 8. The minimum atomic E-state index is 0.197. The van der Waals surface area contributed by atoms with Gasteiger partial charge >= 0.3 is 0 Å². The lowest BCUT2D eigenvalue weighted by atomic mass is 10.1. The molecule has 0 bridgehead atoms. The Morgan fingerprint density at radius 1 is 0.864 bits per heavy atom. The molecule has 2 aromatic carbocycles. The van der Waals surface area contributed by atoms with Crippen molar-refractivity contribution in [2.45, 2.75) is 13.2 Å². The molecule has 0 spiro atoms. The Morgan fingerprint density at radius 3 is 2.18 bits per heavy atom. The molecule has 0 saturated carbocycles. The van der Waals surface area contributed by atoms with Crippen molar-refractivity contribution in [2.24, 2.45) is 0 Å². The van der Waals surface area contributed by atoms with Gasteiger partial charge in [-0.1, -0.05) is 30.3 Å². The molecule has 2 aromatic rings. The van der Waals surface area contributed by atoms with Gasteiger partial charge in [-0.05, 0) is 11.6 Å². The van der Waals surface area contributed by atoms with E-state index in [2.05, 4.69) is 0 Å². The number of benzene rings is 2. The van der Waals surface area contributed by atoms with Crippen molar-refractivity contribution in [2.75, 3.05) is 26.7 Å². The number of methoxy groups -OCH3 is 2. The lowest BCUT2D eigenvalue weighted by molar-refractivity contribution is -0.0688. The molecule has 0 amide bonds. The molecular formula is C17H21NO4. The molecule has 2 rings (SSSR count). The van der Waals surface area contributed by atoms with Gasteiger partial charge in [0.15, 0.2) is 11.5 Å². The van der Waals surface area contributed by atoms with Gasteiger partial charge in [-0.25, -0.2) is 0 Å². The van der Waals surface area contributed by atoms with Crippen LogP contribution in [0.1, 0.15) is 11.1 Å². The second kappa shape index (κ2) is 8.26. The predicted molar refractivity (Wildman–Crippen MR) is 84.8 cm³/mol. The van der Waals surface area contributed by atoms with Gasteiger partial charge in [0.2, 0.25) is 0 Å². The summed E-state index contributed by atoms with van der Waals surface area (Å²) in [4.78, 5) is 0. The van der Waals surface area contributed by atoms with Crippen LogP contribution in [0.2, 0.25) is 0 Å². The van der Waals surface area contributed by atoms with Gasteiger partial charge in [-0.2, -0.15) is 0 Å². The van der Waals surface area contributed by atoms with Crippen molar-refractivity contribution in [3.8, 4) is 11.5 Å². The van der Waals surface area contributed by atoms with E-state index in [0.717, 1.165) is 11.1 Å². The third-order valence-electron chi connectivity index (χ3n) is 3.18. The summed E-state index contributed by atoms with van der Waals surface area (Å²) in [6.07, 6.45) is 0. The maximum atomic E-state index is 5.97. The standard InChI is InChI=1S/C17H21NO4/c1-19-16-8-14(15(18)9-17(16)20-2)11-22-12-21-10-13-6-4-3-5-7-13/h3-9H,10-12,18H2,1-2H3. The number of ether oxygens (including phenoxy) is 4. The number of anilines is 1. The van der Waals surface area contributed by atoms with E-state index in [1.807, 2.05) is 36.4 Å². The molecule has 118 valence electrons. The second-order valence-corrected chi connectivity index (χ2v) is 4.71. The van der Waals surface area contributed by atoms with Crippen molar-refractivity contribution in [1.29, 1.82) is 0 Å². The van der Waals surface area contributed by atoms with Crippen LogP contribution in [0.25, 0.3) is 0 Å². The number of hydrogen-bond acceptors (Lipinski definition) is 5. The highest BCUT2D eigenvalue weighted by atomic mass is 16.7. The lowest BCUT2D eigenvalue weighted by Gasteiger charge is -2.13. The molecule has 0 aromatic heterocycles. The van der Waals surface area contributed by atoms with Crippen LogP contribution in [0.4, 0.5) is 5.69 Å². The van der Waals surface area contributed by atoms with E-state index in [-0.39, 0.29) is 6.79 Å². The maximum absolute atomic E-state index is 5.97. The number of nitrogens with two attached hydrogens (primary N) is 1. The molecule has 0 heterocycles. The van der Waals surface area contributed by atoms with Gasteiger partial charge in [-0.3, -0.25) is 0 Å². The summed E-state index contributed by atoms with van der Waals surface area (Å²) in [6.45, 7) is 1.06. The lowest BCUT2D eigenvalue weighted by Crippen LogP contribution is -2.04. The highest BCUT2D eigenvalue weighted by Gasteiger charge is 2.09. The summed E-state index contributed by atoms with van der Waals surface area (Å²) in [5, 5.41) is 0. The summed E-state index contributed by atoms with van der Waals surface area (Å²) in [6, 6.07) is 13.5. The first kappa shape index (κ1) is 16.1. The third-order valence-corrected chi connectivity index (χ3v) is 3.18. The van der Waals surface area contributed by atoms with Crippen LogP contribution in [0.5, 0.6) is 11.5 Å². The quantitative estimate of drug-likeness (QED) is 0.461. The highest BCUT2D eigenvalue weighted by Crippen LogP contribution is 2.32. The SMILES string of the molecule is COc1cc(N)c(COCOCc2ccccc2)cc1OC. The van der Waals surface area contributed by atoms with Crippen molar-refractivity contribution in [3.63, 3.8) is 0 Å². The number of hydrogen-bond donors (Lipinski definition) is 1. The van der Waals surface area contributed by atoms with Gasteiger partial charge in [-0.15, -0.1) is 0 Å². The summed E-state index contributed by atoms with van der Waals surface area (Å²) in [5.74, 6) is 1.23. The average molecular weight is 303 g/mol. The third kappa shape index (κ3) is 4.38. The van der Waals surface area contributed by atoms with Gasteiger partial charge in [0.25, 0.3) is 0 Å². The van der Waals surface area contributed by atoms with Crippen LogP contribution in [0.15, 0.2) is 42.5 Å². The van der Waals surface area contributed by atoms with Crippen LogP contribution in [0.3, 0.4) is 0 Å². The summed E-state index contributed by atoms with van der Waals surface area (Å²) in [5.41, 5.74) is 8.51. The van der Waals surface area contributed by atoms with E-state index >= 15 is 0 Å². The molecule has 2 N–H and O–H groups in total. The van der Waals surface area contributed by atoms with Crippen LogP contribution >= 0.6 is 0 Å². The van der Waals surface area contributed by atoms with Crippen molar-refractivity contribution >= 4 is 5.69 Å². The molecule has 0 radical (unpaired) electrons. The molecular weight excluding hydrogens is 282 g/mol. The first-order valence-electron chi connectivity index (χ1n) is 6.94. The van der Waals surface area contributed by atoms with Crippen LogP contribution in [0, 0.1) is 0 Å². The fourth-order valence-electron chi connectivity index (χ4n) is 2.01. The van der Waals surface area contributed by atoms with Crippen molar-refractivity contribution in [1.82, 2.24) is 0 Å². The Balaban J connectivity index is 1.81. The molecule has 5 nitrogen and oxygen atoms in total. The molecule has 5 heteroatoms. The van der Waals surface area contributed by atoms with E-state index in [9.17, 15) is 0 Å². The normalized spacial score (nSPS) is 10.5. The minimum Gasteiger partial charge on any atom is -0.493 e. The smallest absolute Gasteiger partial charge is 0.162 e. The summed E-state index contributed by atoms with van der Waals surface area (Å²) in [7, 11) is 3.16. The largest absolute Gasteiger partial charge is 0.493 e. The molecule has 0 aliphatic heterocycles. The first-order valence-corrected chi connectivity index (χ1v) is 6.94. The van der Waals surface area contributed by atoms with Crippen LogP contribution < -0.4 is 15.2 Å². The molecule has 0 saturated heterocycles. The van der Waals surface area contributed by atoms with E-state index in [4.69, 9.17) is 24.7 Å². The molecule has 22 heavy (non-hydrogen) atoms. The number of nitrogen functional groups attached to an aromatic ring is 1. The summed E-state index contributed by atoms with van der Waals surface area (Å²) >= 11 is 0. The Morgan fingerprint density at radius 2 is 1.50 bits per heavy atom. The summed E-state index contributed by atoms with van der Waals surface area (Å²) < 4.78 is 21.4. The van der Waals surface area contributed by atoms with Crippen LogP contribution in [-0.2, 0) is 22.7 Å². The van der Waals surface area contributed by atoms with Gasteiger partial charge < -0.3 is 24.7 Å². The monoisotopic (exact) mass is 303 g/mol. The fraction of sp³-hybridized carbons (Fsp3) is 0.294. The first-order chi connectivity index (χ1) is 10.7. The second-order valence-electron chi connectivity index (χ2n) is 4.71.